The molecule has 8 nitrogen and oxygen atoms in total. The number of hydrogen-bond acceptors (Lipinski definition) is 7. The number of thiazole rings is 1. The van der Waals surface area contributed by atoms with E-state index in [1.807, 2.05) is 24.3 Å². The molecule has 0 aliphatic rings. The van der Waals surface area contributed by atoms with Crippen LogP contribution in [0.4, 0.5) is 10.8 Å². The fraction of sp³-hybridized carbons (Fsp3) is 0.105. The maximum absolute atomic E-state index is 12.4. The number of para-hydroxylation sites is 2. The van der Waals surface area contributed by atoms with Crippen molar-refractivity contribution in [3.63, 3.8) is 0 Å². The SMILES string of the molecule is Cc1csc(NS(=O)(=O)c2ccc(NC(=O)CSc3nc4ccccc4[nH]3)cc2)n1. The number of benzene rings is 2. The Morgan fingerprint density at radius 2 is 1.90 bits per heavy atom. The van der Waals surface area contributed by atoms with Gasteiger partial charge in [-0.3, -0.25) is 9.52 Å². The van der Waals surface area contributed by atoms with Crippen molar-refractivity contribution in [3.8, 4) is 0 Å². The first-order valence-electron chi connectivity index (χ1n) is 8.81. The van der Waals surface area contributed by atoms with Gasteiger partial charge in [0, 0.05) is 11.1 Å². The van der Waals surface area contributed by atoms with Crippen molar-refractivity contribution in [1.29, 1.82) is 0 Å². The first kappa shape index (κ1) is 20.4. The fourth-order valence-corrected chi connectivity index (χ4v) is 5.25. The van der Waals surface area contributed by atoms with E-state index in [9.17, 15) is 13.2 Å². The molecule has 0 saturated carbocycles. The molecule has 0 spiro atoms. The summed E-state index contributed by atoms with van der Waals surface area (Å²) in [4.78, 5) is 24.0. The van der Waals surface area contributed by atoms with Crippen molar-refractivity contribution in [2.24, 2.45) is 0 Å². The summed E-state index contributed by atoms with van der Waals surface area (Å²) in [5.74, 6) is -0.0439. The smallest absolute Gasteiger partial charge is 0.263 e. The van der Waals surface area contributed by atoms with Gasteiger partial charge in [0.1, 0.15) is 0 Å². The lowest BCUT2D eigenvalue weighted by Crippen LogP contribution is -2.15. The largest absolute Gasteiger partial charge is 0.333 e. The monoisotopic (exact) mass is 459 g/mol. The minimum atomic E-state index is -3.74. The highest BCUT2D eigenvalue weighted by Gasteiger charge is 2.16. The number of carbonyl (C=O) groups excluding carboxylic acids is 1. The van der Waals surface area contributed by atoms with Gasteiger partial charge in [-0.05, 0) is 43.3 Å². The highest BCUT2D eigenvalue weighted by molar-refractivity contribution is 7.99. The third-order valence-corrected chi connectivity index (χ3v) is 7.23. The van der Waals surface area contributed by atoms with Crippen molar-refractivity contribution in [1.82, 2.24) is 15.0 Å². The van der Waals surface area contributed by atoms with Crippen LogP contribution in [0.15, 0.2) is 64.0 Å². The average Bonchev–Trinajstić information content (AvgIpc) is 3.32. The van der Waals surface area contributed by atoms with E-state index in [-0.39, 0.29) is 16.6 Å². The first-order chi connectivity index (χ1) is 14.4. The van der Waals surface area contributed by atoms with Gasteiger partial charge in [0.15, 0.2) is 10.3 Å². The number of aromatic amines is 1. The number of anilines is 2. The molecule has 0 fully saturated rings. The van der Waals surface area contributed by atoms with Crippen LogP contribution in [0.3, 0.4) is 0 Å². The van der Waals surface area contributed by atoms with Crippen LogP contribution in [0, 0.1) is 6.92 Å². The summed E-state index contributed by atoms with van der Waals surface area (Å²) in [6.45, 7) is 1.79. The minimum Gasteiger partial charge on any atom is -0.333 e. The molecule has 3 N–H and O–H groups in total. The fourth-order valence-electron chi connectivity index (χ4n) is 2.62. The van der Waals surface area contributed by atoms with Gasteiger partial charge in [0.05, 0.1) is 27.4 Å². The lowest BCUT2D eigenvalue weighted by molar-refractivity contribution is -0.113. The molecule has 30 heavy (non-hydrogen) atoms. The van der Waals surface area contributed by atoms with Crippen molar-refractivity contribution < 1.29 is 13.2 Å². The third kappa shape index (κ3) is 4.81. The number of fused-ring (bicyclic) bond motifs is 1. The summed E-state index contributed by atoms with van der Waals surface area (Å²) in [6, 6.07) is 13.6. The number of aryl methyl sites for hydroxylation is 1. The van der Waals surface area contributed by atoms with Crippen LogP contribution < -0.4 is 10.0 Å². The van der Waals surface area contributed by atoms with Crippen LogP contribution in [0.1, 0.15) is 5.69 Å². The number of amides is 1. The normalized spacial score (nSPS) is 11.5. The molecule has 0 atom stereocenters. The molecule has 1 amide bonds. The topological polar surface area (TPSA) is 117 Å². The number of carbonyl (C=O) groups is 1. The van der Waals surface area contributed by atoms with Gasteiger partial charge in [-0.2, -0.15) is 0 Å². The van der Waals surface area contributed by atoms with Gasteiger partial charge in [-0.15, -0.1) is 11.3 Å². The lowest BCUT2D eigenvalue weighted by atomic mass is 10.3. The summed E-state index contributed by atoms with van der Waals surface area (Å²) in [5.41, 5.74) is 3.02. The van der Waals surface area contributed by atoms with Gasteiger partial charge in [-0.1, -0.05) is 23.9 Å². The number of rotatable bonds is 7. The van der Waals surface area contributed by atoms with E-state index in [0.29, 0.717) is 16.0 Å². The van der Waals surface area contributed by atoms with Crippen LogP contribution in [0.5, 0.6) is 0 Å². The van der Waals surface area contributed by atoms with Gasteiger partial charge in [0.2, 0.25) is 5.91 Å². The van der Waals surface area contributed by atoms with E-state index in [0.717, 1.165) is 16.7 Å². The number of imidazole rings is 1. The summed E-state index contributed by atoms with van der Waals surface area (Å²) in [6.07, 6.45) is 0. The van der Waals surface area contributed by atoms with E-state index in [1.54, 1.807) is 24.4 Å². The van der Waals surface area contributed by atoms with Crippen LogP contribution >= 0.6 is 23.1 Å². The Bertz CT molecular complexity index is 1260. The molecule has 0 bridgehead atoms. The van der Waals surface area contributed by atoms with Crippen molar-refractivity contribution >= 4 is 60.9 Å². The Morgan fingerprint density at radius 1 is 1.13 bits per heavy atom. The third-order valence-electron chi connectivity index (χ3n) is 4.00. The molecule has 11 heteroatoms. The predicted molar refractivity (Wildman–Crippen MR) is 120 cm³/mol. The Morgan fingerprint density at radius 3 is 2.60 bits per heavy atom. The molecule has 2 heterocycles. The van der Waals surface area contributed by atoms with E-state index >= 15 is 0 Å². The number of nitrogens with one attached hydrogen (secondary N) is 3. The average molecular weight is 460 g/mol. The molecule has 0 aliphatic heterocycles. The molecule has 4 aromatic rings. The van der Waals surface area contributed by atoms with Crippen LogP contribution in [0.25, 0.3) is 11.0 Å². The van der Waals surface area contributed by atoms with Crippen LogP contribution in [-0.2, 0) is 14.8 Å². The zero-order valence-electron chi connectivity index (χ0n) is 15.7. The molecular formula is C19H17N5O3S3. The maximum atomic E-state index is 12.4. The predicted octanol–water partition coefficient (Wildman–Crippen LogP) is 3.86. The van der Waals surface area contributed by atoms with E-state index < -0.39 is 10.0 Å². The maximum Gasteiger partial charge on any atom is 0.263 e. The quantitative estimate of drug-likeness (QED) is 0.361. The second-order valence-electron chi connectivity index (χ2n) is 6.32. The van der Waals surface area contributed by atoms with Crippen LogP contribution in [-0.4, -0.2) is 35.0 Å². The van der Waals surface area contributed by atoms with Crippen molar-refractivity contribution in [2.75, 3.05) is 15.8 Å². The Hall–Kier alpha value is -2.89. The van der Waals surface area contributed by atoms with Crippen molar-refractivity contribution in [3.05, 3.63) is 59.6 Å². The number of sulfonamides is 1. The zero-order valence-corrected chi connectivity index (χ0v) is 18.2. The second-order valence-corrected chi connectivity index (χ2v) is 9.82. The second kappa shape index (κ2) is 8.46. The summed E-state index contributed by atoms with van der Waals surface area (Å²) in [5, 5.41) is 5.49. The number of H-pyrrole nitrogens is 1. The van der Waals surface area contributed by atoms with Gasteiger partial charge in [0.25, 0.3) is 10.0 Å². The molecule has 2 aromatic heterocycles. The molecule has 4 rings (SSSR count). The molecular weight excluding hydrogens is 442 g/mol. The highest BCUT2D eigenvalue weighted by Crippen LogP contribution is 2.22. The van der Waals surface area contributed by atoms with E-state index in [1.165, 1.54) is 35.2 Å². The molecule has 154 valence electrons. The molecule has 2 aromatic carbocycles. The Labute approximate surface area is 181 Å². The zero-order chi connectivity index (χ0) is 21.1. The van der Waals surface area contributed by atoms with E-state index in [2.05, 4.69) is 25.0 Å². The summed E-state index contributed by atoms with van der Waals surface area (Å²) >= 11 is 2.51. The van der Waals surface area contributed by atoms with E-state index in [4.69, 9.17) is 0 Å². The van der Waals surface area contributed by atoms with Gasteiger partial charge >= 0.3 is 0 Å². The molecule has 0 saturated heterocycles. The number of aromatic nitrogens is 3. The number of nitrogens with zero attached hydrogens (tertiary/aromatic N) is 2. The Kier molecular flexibility index (Phi) is 5.75. The molecule has 0 unspecified atom stereocenters. The van der Waals surface area contributed by atoms with Gasteiger partial charge in [-0.25, -0.2) is 18.4 Å². The molecule has 0 aliphatic carbocycles. The molecule has 0 radical (unpaired) electrons. The minimum absolute atomic E-state index is 0.0880. The first-order valence-corrected chi connectivity index (χ1v) is 12.2. The standard InChI is InChI=1S/C19H17N5O3S3/c1-12-10-28-19(20-12)24-30(26,27)14-8-6-13(7-9-14)21-17(25)11-29-18-22-15-4-2-3-5-16(15)23-18/h2-10H,11H2,1H3,(H,20,24)(H,21,25)(H,22,23). The Balaban J connectivity index is 1.35. The number of thioether (sulfide) groups is 1. The van der Waals surface area contributed by atoms with Crippen LogP contribution in [0.2, 0.25) is 0 Å². The lowest BCUT2D eigenvalue weighted by Gasteiger charge is -2.07. The number of hydrogen-bond donors (Lipinski definition) is 3. The van der Waals surface area contributed by atoms with Gasteiger partial charge < -0.3 is 10.3 Å². The summed E-state index contributed by atoms with van der Waals surface area (Å²) in [7, 11) is -3.74. The summed E-state index contributed by atoms with van der Waals surface area (Å²) < 4.78 is 27.3. The highest BCUT2D eigenvalue weighted by atomic mass is 32.2. The van der Waals surface area contributed by atoms with Crippen molar-refractivity contribution in [2.45, 2.75) is 17.0 Å².